The second kappa shape index (κ2) is 8.06. The third-order valence-corrected chi connectivity index (χ3v) is 5.36. The molecule has 1 aliphatic heterocycles. The number of halogens is 3. The molecular weight excluding hydrogens is 451 g/mol. The van der Waals surface area contributed by atoms with Crippen LogP contribution in [0.3, 0.4) is 0 Å². The van der Waals surface area contributed by atoms with E-state index in [1.807, 2.05) is 0 Å². The van der Waals surface area contributed by atoms with E-state index in [1.54, 1.807) is 6.07 Å². The van der Waals surface area contributed by atoms with Crippen LogP contribution in [-0.2, 0) is 19.1 Å². The molecule has 1 fully saturated rings. The van der Waals surface area contributed by atoms with E-state index >= 15 is 0 Å². The summed E-state index contributed by atoms with van der Waals surface area (Å²) in [5.74, 6) is -4.04. The average Bonchev–Trinajstić information content (AvgIpc) is 3.25. The van der Waals surface area contributed by atoms with E-state index in [1.165, 1.54) is 45.9 Å². The van der Waals surface area contributed by atoms with Crippen LogP contribution >= 0.6 is 0 Å². The molecule has 0 bridgehead atoms. The van der Waals surface area contributed by atoms with E-state index in [4.69, 9.17) is 0 Å². The van der Waals surface area contributed by atoms with Gasteiger partial charge in [-0.25, -0.2) is 18.2 Å². The molecule has 170 valence electrons. The van der Waals surface area contributed by atoms with Crippen LogP contribution in [-0.4, -0.2) is 54.3 Å². The number of nitrogens with zero attached hydrogens (tertiary/aromatic N) is 4. The largest absolute Gasteiger partial charge is 0.342 e. The highest BCUT2D eigenvalue weighted by Gasteiger charge is 2.46. The highest BCUT2D eigenvalue weighted by molar-refractivity contribution is 7.86. The normalized spacial score (nSPS) is 18.2. The first-order valence-electron chi connectivity index (χ1n) is 9.40. The summed E-state index contributed by atoms with van der Waals surface area (Å²) in [4.78, 5) is 17.4. The van der Waals surface area contributed by atoms with Gasteiger partial charge in [0, 0.05) is 6.42 Å². The van der Waals surface area contributed by atoms with Crippen molar-refractivity contribution in [1.82, 2.24) is 14.6 Å². The van der Waals surface area contributed by atoms with Gasteiger partial charge in [-0.05, 0) is 29.8 Å². The molecule has 0 radical (unpaired) electrons. The summed E-state index contributed by atoms with van der Waals surface area (Å²) >= 11 is 0. The molecule has 1 saturated heterocycles. The Morgan fingerprint density at radius 2 is 2.09 bits per heavy atom. The monoisotopic (exact) mass is 469 g/mol. The summed E-state index contributed by atoms with van der Waals surface area (Å²) in [6.45, 7) is -1.36. The van der Waals surface area contributed by atoms with Gasteiger partial charge in [0.15, 0.2) is 11.5 Å². The Morgan fingerprint density at radius 1 is 1.31 bits per heavy atom. The number of carbonyl (C=O) groups excluding carboxylic acids is 1. The van der Waals surface area contributed by atoms with Gasteiger partial charge in [-0.1, -0.05) is 12.1 Å². The van der Waals surface area contributed by atoms with Crippen molar-refractivity contribution in [2.75, 3.05) is 29.6 Å². The van der Waals surface area contributed by atoms with E-state index in [0.29, 0.717) is 11.2 Å². The second-order valence-corrected chi connectivity index (χ2v) is 9.02. The Bertz CT molecular complexity index is 1280. The number of fused-ring (bicyclic) bond motifs is 1. The van der Waals surface area contributed by atoms with Gasteiger partial charge in [0.1, 0.15) is 18.2 Å². The predicted molar refractivity (Wildman–Crippen MR) is 108 cm³/mol. The Balaban J connectivity index is 1.64. The van der Waals surface area contributed by atoms with Gasteiger partial charge < -0.3 is 10.2 Å². The minimum Gasteiger partial charge on any atom is -0.342 e. The standard InChI is InChI=1S/C19H18F3N5O4S/c1-32(29,30)31-10-18(28)24-17-9-23-15-5-6-16(25-27(15)17)26-11-19(21,22)8-14(26)12-3-2-4-13(20)7-12/h2-7,9,14H,8,10-11H2,1H3,(H,24,28). The summed E-state index contributed by atoms with van der Waals surface area (Å²) in [6.07, 6.45) is 1.59. The van der Waals surface area contributed by atoms with Gasteiger partial charge in [0.25, 0.3) is 21.9 Å². The Labute approximate surface area is 180 Å². The third kappa shape index (κ3) is 4.83. The molecule has 0 saturated carbocycles. The maximum absolute atomic E-state index is 14.3. The molecule has 1 unspecified atom stereocenters. The number of hydrogen-bond acceptors (Lipinski definition) is 7. The minimum atomic E-state index is -3.81. The van der Waals surface area contributed by atoms with Crippen molar-refractivity contribution < 1.29 is 30.6 Å². The lowest BCUT2D eigenvalue weighted by molar-refractivity contribution is -0.118. The molecule has 0 aliphatic carbocycles. The van der Waals surface area contributed by atoms with Gasteiger partial charge in [-0.15, -0.1) is 5.10 Å². The van der Waals surface area contributed by atoms with Crippen molar-refractivity contribution in [2.24, 2.45) is 0 Å². The van der Waals surface area contributed by atoms with Crippen LogP contribution in [0.5, 0.6) is 0 Å². The first-order valence-corrected chi connectivity index (χ1v) is 11.2. The number of hydrogen-bond donors (Lipinski definition) is 1. The van der Waals surface area contributed by atoms with Crippen molar-refractivity contribution >= 4 is 33.3 Å². The maximum Gasteiger partial charge on any atom is 0.267 e. The van der Waals surface area contributed by atoms with Crippen LogP contribution in [0.2, 0.25) is 0 Å². The van der Waals surface area contributed by atoms with E-state index in [2.05, 4.69) is 19.6 Å². The summed E-state index contributed by atoms with van der Waals surface area (Å²) in [5.41, 5.74) is 0.711. The van der Waals surface area contributed by atoms with E-state index in [0.717, 1.165) is 6.26 Å². The number of imidazole rings is 1. The average molecular weight is 469 g/mol. The number of benzene rings is 1. The number of carbonyl (C=O) groups is 1. The number of aromatic nitrogens is 3. The smallest absolute Gasteiger partial charge is 0.267 e. The van der Waals surface area contributed by atoms with E-state index in [9.17, 15) is 26.4 Å². The molecule has 32 heavy (non-hydrogen) atoms. The van der Waals surface area contributed by atoms with Gasteiger partial charge in [0.2, 0.25) is 0 Å². The summed E-state index contributed by atoms with van der Waals surface area (Å²) in [6, 6.07) is 7.71. The molecule has 1 aromatic carbocycles. The van der Waals surface area contributed by atoms with Crippen molar-refractivity contribution in [3.8, 4) is 0 Å². The SMILES string of the molecule is CS(=O)(=O)OCC(=O)Nc1cnc2ccc(N3CC(F)(F)CC3c3cccc(F)c3)nn12. The lowest BCUT2D eigenvalue weighted by atomic mass is 10.0. The molecule has 9 nitrogen and oxygen atoms in total. The summed E-state index contributed by atoms with van der Waals surface area (Å²) in [5, 5.41) is 6.74. The fourth-order valence-electron chi connectivity index (χ4n) is 3.51. The van der Waals surface area contributed by atoms with E-state index in [-0.39, 0.29) is 11.6 Å². The highest BCUT2D eigenvalue weighted by Crippen LogP contribution is 2.43. The van der Waals surface area contributed by atoms with Crippen molar-refractivity contribution in [3.63, 3.8) is 0 Å². The third-order valence-electron chi connectivity index (χ3n) is 4.82. The molecular formula is C19H18F3N5O4S. The number of anilines is 2. The Kier molecular flexibility index (Phi) is 5.54. The molecule has 0 spiro atoms. The lowest BCUT2D eigenvalue weighted by Gasteiger charge is -2.25. The quantitative estimate of drug-likeness (QED) is 0.553. The molecule has 3 heterocycles. The summed E-state index contributed by atoms with van der Waals surface area (Å²) in [7, 11) is -3.81. The number of alkyl halides is 2. The zero-order chi connectivity index (χ0) is 23.1. The van der Waals surface area contributed by atoms with E-state index < -0.39 is 53.4 Å². The van der Waals surface area contributed by atoms with Crippen LogP contribution in [0.15, 0.2) is 42.6 Å². The maximum atomic E-state index is 14.3. The molecule has 3 aromatic rings. The molecule has 1 N–H and O–H groups in total. The van der Waals surface area contributed by atoms with Crippen LogP contribution in [0.25, 0.3) is 5.65 Å². The number of amides is 1. The molecule has 1 aliphatic rings. The number of rotatable bonds is 6. The van der Waals surface area contributed by atoms with Crippen molar-refractivity contribution in [3.05, 3.63) is 54.0 Å². The van der Waals surface area contributed by atoms with Crippen molar-refractivity contribution in [1.29, 1.82) is 0 Å². The Hall–Kier alpha value is -3.19. The Morgan fingerprint density at radius 3 is 2.81 bits per heavy atom. The van der Waals surface area contributed by atoms with Crippen LogP contribution in [0, 0.1) is 5.82 Å². The molecule has 4 rings (SSSR count). The zero-order valence-corrected chi connectivity index (χ0v) is 17.5. The first-order chi connectivity index (χ1) is 15.0. The fraction of sp³-hybridized carbons (Fsp3) is 0.316. The van der Waals surface area contributed by atoms with Gasteiger partial charge in [-0.3, -0.25) is 8.98 Å². The van der Waals surface area contributed by atoms with Gasteiger partial charge in [0.05, 0.1) is 25.0 Å². The highest BCUT2D eigenvalue weighted by atomic mass is 32.2. The van der Waals surface area contributed by atoms with Gasteiger partial charge >= 0.3 is 0 Å². The second-order valence-electron chi connectivity index (χ2n) is 7.38. The van der Waals surface area contributed by atoms with Gasteiger partial charge in [-0.2, -0.15) is 12.9 Å². The summed E-state index contributed by atoms with van der Waals surface area (Å²) < 4.78 is 70.1. The number of nitrogens with one attached hydrogen (secondary N) is 1. The molecule has 13 heteroatoms. The first kappa shape index (κ1) is 22.0. The van der Waals surface area contributed by atoms with Crippen LogP contribution in [0.1, 0.15) is 18.0 Å². The molecule has 1 atom stereocenters. The predicted octanol–water partition coefficient (Wildman–Crippen LogP) is 2.37. The molecule has 2 aromatic heterocycles. The lowest BCUT2D eigenvalue weighted by Crippen LogP contribution is -2.28. The minimum absolute atomic E-state index is 0.0946. The topological polar surface area (TPSA) is 106 Å². The van der Waals surface area contributed by atoms with Crippen LogP contribution < -0.4 is 10.2 Å². The van der Waals surface area contributed by atoms with Crippen molar-refractivity contribution in [2.45, 2.75) is 18.4 Å². The van der Waals surface area contributed by atoms with Crippen LogP contribution in [0.4, 0.5) is 24.8 Å². The fourth-order valence-corrected chi connectivity index (χ4v) is 3.83. The zero-order valence-electron chi connectivity index (χ0n) is 16.7. The molecule has 1 amide bonds.